The van der Waals surface area contributed by atoms with E-state index in [0.717, 1.165) is 5.56 Å². The number of anilines is 1. The molecule has 4 nitrogen and oxygen atoms in total. The molecule has 3 aromatic carbocycles. The van der Waals surface area contributed by atoms with Crippen LogP contribution < -0.4 is 10.6 Å². The molecule has 0 fully saturated rings. The zero-order chi connectivity index (χ0) is 19.2. The van der Waals surface area contributed by atoms with Crippen LogP contribution in [0, 0.1) is 6.92 Å². The summed E-state index contributed by atoms with van der Waals surface area (Å²) in [6.45, 7) is 1.89. The summed E-state index contributed by atoms with van der Waals surface area (Å²) in [6.07, 6.45) is 0. The molecule has 0 heterocycles. The summed E-state index contributed by atoms with van der Waals surface area (Å²) in [6, 6.07) is 22.4. The number of nitrogens with one attached hydrogen (secondary N) is 2. The first kappa shape index (κ1) is 18.7. The van der Waals surface area contributed by atoms with Crippen molar-refractivity contribution in [2.24, 2.45) is 0 Å². The van der Waals surface area contributed by atoms with Gasteiger partial charge in [0.15, 0.2) is 0 Å². The van der Waals surface area contributed by atoms with Crippen LogP contribution in [0.15, 0.2) is 78.9 Å². The second-order valence-corrected chi connectivity index (χ2v) is 6.54. The predicted octanol–water partition coefficient (Wildman–Crippen LogP) is 4.76. The van der Waals surface area contributed by atoms with Crippen molar-refractivity contribution in [3.05, 3.63) is 101 Å². The van der Waals surface area contributed by atoms with Gasteiger partial charge in [-0.3, -0.25) is 9.59 Å². The lowest BCUT2D eigenvalue weighted by Crippen LogP contribution is -2.37. The first-order chi connectivity index (χ1) is 13.0. The van der Waals surface area contributed by atoms with Crippen LogP contribution in [0.5, 0.6) is 0 Å². The summed E-state index contributed by atoms with van der Waals surface area (Å²) in [4.78, 5) is 25.5. The van der Waals surface area contributed by atoms with Crippen LogP contribution in [0.2, 0.25) is 5.02 Å². The van der Waals surface area contributed by atoms with Gasteiger partial charge in [0.05, 0.1) is 0 Å². The molecule has 1 atom stereocenters. The van der Waals surface area contributed by atoms with Gasteiger partial charge in [0.2, 0.25) is 0 Å². The van der Waals surface area contributed by atoms with Crippen LogP contribution in [0.4, 0.5) is 5.69 Å². The van der Waals surface area contributed by atoms with Gasteiger partial charge in [-0.15, -0.1) is 0 Å². The van der Waals surface area contributed by atoms with E-state index in [9.17, 15) is 9.59 Å². The highest BCUT2D eigenvalue weighted by molar-refractivity contribution is 6.31. The van der Waals surface area contributed by atoms with E-state index in [-0.39, 0.29) is 11.8 Å². The number of benzene rings is 3. The minimum atomic E-state index is -0.834. The smallest absolute Gasteiger partial charge is 0.252 e. The second-order valence-electron chi connectivity index (χ2n) is 6.14. The maximum atomic E-state index is 12.9. The number of hydrogen-bond acceptors (Lipinski definition) is 2. The highest BCUT2D eigenvalue weighted by Gasteiger charge is 2.23. The minimum absolute atomic E-state index is 0.318. The van der Waals surface area contributed by atoms with Gasteiger partial charge in [0, 0.05) is 16.3 Å². The number of carbonyl (C=O) groups excluding carboxylic acids is 2. The molecule has 3 aromatic rings. The molecule has 0 radical (unpaired) electrons. The Kier molecular flexibility index (Phi) is 5.89. The maximum absolute atomic E-state index is 12.9. The molecule has 0 aromatic heterocycles. The highest BCUT2D eigenvalue weighted by atomic mass is 35.5. The number of aryl methyl sites for hydroxylation is 1. The van der Waals surface area contributed by atoms with Gasteiger partial charge in [-0.1, -0.05) is 66.2 Å². The molecule has 0 bridgehead atoms. The lowest BCUT2D eigenvalue weighted by atomic mass is 10.0. The average molecular weight is 379 g/mol. The van der Waals surface area contributed by atoms with Crippen molar-refractivity contribution in [3.8, 4) is 0 Å². The molecule has 136 valence electrons. The fourth-order valence-corrected chi connectivity index (χ4v) is 2.82. The Hall–Kier alpha value is -3.11. The summed E-state index contributed by atoms with van der Waals surface area (Å²) < 4.78 is 0. The lowest BCUT2D eigenvalue weighted by Gasteiger charge is -2.19. The Balaban J connectivity index is 1.84. The molecule has 2 amide bonds. The van der Waals surface area contributed by atoms with Crippen LogP contribution in [-0.2, 0) is 4.79 Å². The summed E-state index contributed by atoms with van der Waals surface area (Å²) in [5.41, 5.74) is 2.68. The molecule has 0 aliphatic heterocycles. The molecule has 27 heavy (non-hydrogen) atoms. The number of rotatable bonds is 5. The van der Waals surface area contributed by atoms with E-state index >= 15 is 0 Å². The number of carbonyl (C=O) groups is 2. The molecule has 3 rings (SSSR count). The number of amides is 2. The van der Waals surface area contributed by atoms with Gasteiger partial charge in [-0.2, -0.15) is 0 Å². The van der Waals surface area contributed by atoms with Gasteiger partial charge in [-0.25, -0.2) is 0 Å². The van der Waals surface area contributed by atoms with E-state index in [1.54, 1.807) is 48.5 Å². The van der Waals surface area contributed by atoms with Crippen LogP contribution >= 0.6 is 11.6 Å². The Morgan fingerprint density at radius 1 is 0.889 bits per heavy atom. The Morgan fingerprint density at radius 3 is 2.15 bits per heavy atom. The summed E-state index contributed by atoms with van der Waals surface area (Å²) in [5, 5.41) is 6.21. The second kappa shape index (κ2) is 8.52. The molecule has 0 aliphatic rings. The SMILES string of the molecule is Cc1ccc(NC(=O)C(NC(=O)c2ccccc2)c2ccccc2)cc1Cl. The van der Waals surface area contributed by atoms with Crippen molar-refractivity contribution in [1.82, 2.24) is 5.32 Å². The molecule has 1 unspecified atom stereocenters. The van der Waals surface area contributed by atoms with Gasteiger partial charge < -0.3 is 10.6 Å². The van der Waals surface area contributed by atoms with E-state index in [0.29, 0.717) is 21.8 Å². The standard InChI is InChI=1S/C22H19ClN2O2/c1-15-12-13-18(14-19(15)23)24-22(27)20(16-8-4-2-5-9-16)25-21(26)17-10-6-3-7-11-17/h2-14,20H,1H3,(H,24,27)(H,25,26). The first-order valence-electron chi connectivity index (χ1n) is 8.52. The van der Waals surface area contributed by atoms with E-state index in [4.69, 9.17) is 11.6 Å². The van der Waals surface area contributed by atoms with Crippen molar-refractivity contribution in [1.29, 1.82) is 0 Å². The van der Waals surface area contributed by atoms with E-state index in [1.807, 2.05) is 37.3 Å². The van der Waals surface area contributed by atoms with Gasteiger partial charge in [0.1, 0.15) is 6.04 Å². The van der Waals surface area contributed by atoms with Crippen molar-refractivity contribution >= 4 is 29.1 Å². The molecule has 0 aliphatic carbocycles. The monoisotopic (exact) mass is 378 g/mol. The molecule has 0 saturated carbocycles. The van der Waals surface area contributed by atoms with Crippen LogP contribution in [-0.4, -0.2) is 11.8 Å². The van der Waals surface area contributed by atoms with E-state index < -0.39 is 6.04 Å². The van der Waals surface area contributed by atoms with Crippen molar-refractivity contribution in [3.63, 3.8) is 0 Å². The molecular weight excluding hydrogens is 360 g/mol. The quantitative estimate of drug-likeness (QED) is 0.672. The number of hydrogen-bond donors (Lipinski definition) is 2. The van der Waals surface area contributed by atoms with Crippen molar-refractivity contribution in [2.45, 2.75) is 13.0 Å². The first-order valence-corrected chi connectivity index (χ1v) is 8.90. The number of halogens is 1. The van der Waals surface area contributed by atoms with Crippen molar-refractivity contribution in [2.75, 3.05) is 5.32 Å². The Bertz CT molecular complexity index is 943. The summed E-state index contributed by atoms with van der Waals surface area (Å²) >= 11 is 6.14. The fourth-order valence-electron chi connectivity index (χ4n) is 2.63. The van der Waals surface area contributed by atoms with E-state index in [2.05, 4.69) is 10.6 Å². The van der Waals surface area contributed by atoms with Crippen molar-refractivity contribution < 1.29 is 9.59 Å². The third-order valence-corrected chi connectivity index (χ3v) is 4.55. The maximum Gasteiger partial charge on any atom is 0.252 e. The van der Waals surface area contributed by atoms with E-state index in [1.165, 1.54) is 0 Å². The average Bonchev–Trinajstić information content (AvgIpc) is 2.70. The third-order valence-electron chi connectivity index (χ3n) is 4.15. The minimum Gasteiger partial charge on any atom is -0.336 e. The normalized spacial score (nSPS) is 11.5. The van der Waals surface area contributed by atoms with Crippen LogP contribution in [0.3, 0.4) is 0 Å². The third kappa shape index (κ3) is 4.74. The summed E-state index contributed by atoms with van der Waals surface area (Å²) in [5.74, 6) is -0.660. The van der Waals surface area contributed by atoms with Gasteiger partial charge >= 0.3 is 0 Å². The van der Waals surface area contributed by atoms with Crippen LogP contribution in [0.1, 0.15) is 27.5 Å². The molecule has 2 N–H and O–H groups in total. The highest BCUT2D eigenvalue weighted by Crippen LogP contribution is 2.22. The molecule has 0 saturated heterocycles. The van der Waals surface area contributed by atoms with Gasteiger partial charge in [0.25, 0.3) is 11.8 Å². The summed E-state index contributed by atoms with van der Waals surface area (Å²) in [7, 11) is 0. The predicted molar refractivity (Wildman–Crippen MR) is 108 cm³/mol. The van der Waals surface area contributed by atoms with Gasteiger partial charge in [-0.05, 0) is 42.3 Å². The molecule has 0 spiro atoms. The fraction of sp³-hybridized carbons (Fsp3) is 0.0909. The zero-order valence-corrected chi connectivity index (χ0v) is 15.5. The zero-order valence-electron chi connectivity index (χ0n) is 14.8. The lowest BCUT2D eigenvalue weighted by molar-refractivity contribution is -0.118. The molecule has 5 heteroatoms. The van der Waals surface area contributed by atoms with Crippen LogP contribution in [0.25, 0.3) is 0 Å². The Labute approximate surface area is 163 Å². The topological polar surface area (TPSA) is 58.2 Å². The largest absolute Gasteiger partial charge is 0.336 e. The molecular formula is C22H19ClN2O2. The Morgan fingerprint density at radius 2 is 1.52 bits per heavy atom.